The molecule has 4 rings (SSSR count). The van der Waals surface area contributed by atoms with Gasteiger partial charge in [0.1, 0.15) is 16.2 Å². The van der Waals surface area contributed by atoms with E-state index in [9.17, 15) is 0 Å². The molecule has 0 saturated carbocycles. The van der Waals surface area contributed by atoms with Crippen molar-refractivity contribution in [1.82, 2.24) is 14.9 Å². The van der Waals surface area contributed by atoms with Crippen molar-refractivity contribution in [3.05, 3.63) is 16.8 Å². The molecule has 118 valence electrons. The second-order valence-corrected chi connectivity index (χ2v) is 8.04. The average Bonchev–Trinajstić information content (AvgIpc) is 2.95. The molecule has 1 fully saturated rings. The predicted octanol–water partition coefficient (Wildman–Crippen LogP) is 2.99. The molecule has 0 amide bonds. The van der Waals surface area contributed by atoms with Gasteiger partial charge in [-0.15, -0.1) is 23.1 Å². The number of nitrogens with zero attached hydrogens (tertiary/aromatic N) is 3. The molecule has 2 aromatic rings. The van der Waals surface area contributed by atoms with E-state index in [4.69, 9.17) is 4.74 Å². The number of aromatic nitrogens is 2. The van der Waals surface area contributed by atoms with Gasteiger partial charge < -0.3 is 4.74 Å². The molecule has 0 atom stereocenters. The lowest BCUT2D eigenvalue weighted by atomic mass is 9.97. The van der Waals surface area contributed by atoms with Crippen LogP contribution in [0.3, 0.4) is 0 Å². The smallest absolute Gasteiger partial charge is 0.128 e. The van der Waals surface area contributed by atoms with Gasteiger partial charge in [0.25, 0.3) is 0 Å². The number of rotatable bonds is 4. The number of hydrogen-bond acceptors (Lipinski definition) is 6. The van der Waals surface area contributed by atoms with Crippen molar-refractivity contribution in [3.8, 4) is 0 Å². The van der Waals surface area contributed by atoms with E-state index in [1.54, 1.807) is 16.8 Å². The molecule has 1 aliphatic carbocycles. The molecule has 0 unspecified atom stereocenters. The summed E-state index contributed by atoms with van der Waals surface area (Å²) in [5.74, 6) is 1.09. The van der Waals surface area contributed by atoms with E-state index in [1.165, 1.54) is 40.9 Å². The van der Waals surface area contributed by atoms with Crippen molar-refractivity contribution in [1.29, 1.82) is 0 Å². The molecule has 0 aromatic carbocycles. The molecule has 2 aromatic heterocycles. The SMILES string of the molecule is c1nc(SCCN2CCOCC2)c2c3c(sc2n1)CCCC3. The van der Waals surface area contributed by atoms with Gasteiger partial charge in [-0.05, 0) is 31.2 Å². The van der Waals surface area contributed by atoms with E-state index in [-0.39, 0.29) is 0 Å². The Morgan fingerprint density at radius 1 is 1.18 bits per heavy atom. The number of fused-ring (bicyclic) bond motifs is 3. The fourth-order valence-corrected chi connectivity index (χ4v) is 5.59. The molecule has 4 nitrogen and oxygen atoms in total. The summed E-state index contributed by atoms with van der Waals surface area (Å²) in [6, 6.07) is 0. The van der Waals surface area contributed by atoms with Crippen LogP contribution in [0, 0.1) is 0 Å². The van der Waals surface area contributed by atoms with Gasteiger partial charge in [-0.3, -0.25) is 4.90 Å². The summed E-state index contributed by atoms with van der Waals surface area (Å²) in [6.07, 6.45) is 6.81. The van der Waals surface area contributed by atoms with Crippen LogP contribution in [0.1, 0.15) is 23.3 Å². The largest absolute Gasteiger partial charge is 0.379 e. The first-order valence-electron chi connectivity index (χ1n) is 8.10. The predicted molar refractivity (Wildman–Crippen MR) is 92.0 cm³/mol. The fourth-order valence-electron chi connectivity index (χ4n) is 3.27. The third-order valence-electron chi connectivity index (χ3n) is 4.47. The monoisotopic (exact) mass is 335 g/mol. The zero-order chi connectivity index (χ0) is 14.8. The van der Waals surface area contributed by atoms with Crippen molar-refractivity contribution in [3.63, 3.8) is 0 Å². The van der Waals surface area contributed by atoms with E-state index in [2.05, 4.69) is 14.9 Å². The van der Waals surface area contributed by atoms with E-state index in [1.807, 2.05) is 23.1 Å². The summed E-state index contributed by atoms with van der Waals surface area (Å²) < 4.78 is 5.41. The zero-order valence-corrected chi connectivity index (χ0v) is 14.3. The Kier molecular flexibility index (Phi) is 4.61. The summed E-state index contributed by atoms with van der Waals surface area (Å²) in [4.78, 5) is 14.3. The maximum atomic E-state index is 5.41. The van der Waals surface area contributed by atoms with Crippen molar-refractivity contribution in [2.24, 2.45) is 0 Å². The molecule has 3 heterocycles. The van der Waals surface area contributed by atoms with Gasteiger partial charge in [0.05, 0.1) is 13.2 Å². The number of thioether (sulfide) groups is 1. The van der Waals surface area contributed by atoms with Gasteiger partial charge in [0.15, 0.2) is 0 Å². The molecular formula is C16H21N3OS2. The van der Waals surface area contributed by atoms with E-state index >= 15 is 0 Å². The van der Waals surface area contributed by atoms with Gasteiger partial charge in [-0.25, -0.2) is 9.97 Å². The minimum atomic E-state index is 0.875. The van der Waals surface area contributed by atoms with Crippen LogP contribution in [0.2, 0.25) is 0 Å². The lowest BCUT2D eigenvalue weighted by molar-refractivity contribution is 0.0410. The van der Waals surface area contributed by atoms with Gasteiger partial charge >= 0.3 is 0 Å². The van der Waals surface area contributed by atoms with Crippen LogP contribution in [0.25, 0.3) is 10.2 Å². The number of thiophene rings is 1. The van der Waals surface area contributed by atoms with Crippen LogP contribution in [-0.4, -0.2) is 53.5 Å². The van der Waals surface area contributed by atoms with Crippen molar-refractivity contribution in [2.75, 3.05) is 38.6 Å². The minimum Gasteiger partial charge on any atom is -0.379 e. The number of aryl methyl sites for hydroxylation is 2. The Balaban J connectivity index is 1.50. The highest BCUT2D eigenvalue weighted by molar-refractivity contribution is 7.99. The normalized spacial score (nSPS) is 19.5. The number of hydrogen-bond donors (Lipinski definition) is 0. The Morgan fingerprint density at radius 2 is 2.05 bits per heavy atom. The quantitative estimate of drug-likeness (QED) is 0.634. The van der Waals surface area contributed by atoms with Gasteiger partial charge in [0, 0.05) is 35.7 Å². The summed E-state index contributed by atoms with van der Waals surface area (Å²) in [5, 5.41) is 2.55. The van der Waals surface area contributed by atoms with Crippen LogP contribution >= 0.6 is 23.1 Å². The molecule has 0 bridgehead atoms. The first-order valence-corrected chi connectivity index (χ1v) is 9.90. The van der Waals surface area contributed by atoms with Crippen LogP contribution in [0.15, 0.2) is 11.4 Å². The summed E-state index contributed by atoms with van der Waals surface area (Å²) in [5.41, 5.74) is 1.54. The molecule has 1 saturated heterocycles. The molecule has 0 spiro atoms. The summed E-state index contributed by atoms with van der Waals surface area (Å²) in [6.45, 7) is 4.99. The Labute approximate surface area is 139 Å². The van der Waals surface area contributed by atoms with Gasteiger partial charge in [-0.2, -0.15) is 0 Å². The minimum absolute atomic E-state index is 0.875. The van der Waals surface area contributed by atoms with Crippen molar-refractivity contribution in [2.45, 2.75) is 30.7 Å². The maximum Gasteiger partial charge on any atom is 0.128 e. The van der Waals surface area contributed by atoms with Gasteiger partial charge in [-0.1, -0.05) is 0 Å². The van der Waals surface area contributed by atoms with Crippen LogP contribution < -0.4 is 0 Å². The topological polar surface area (TPSA) is 38.2 Å². The van der Waals surface area contributed by atoms with Crippen molar-refractivity contribution < 1.29 is 4.74 Å². The third-order valence-corrected chi connectivity index (χ3v) is 6.64. The Morgan fingerprint density at radius 3 is 2.95 bits per heavy atom. The Bertz CT molecular complexity index is 652. The summed E-state index contributed by atoms with van der Waals surface area (Å²) in [7, 11) is 0. The Hall–Kier alpha value is -0.690. The first-order chi connectivity index (χ1) is 10.9. The van der Waals surface area contributed by atoms with Crippen molar-refractivity contribution >= 4 is 33.3 Å². The molecular weight excluding hydrogens is 314 g/mol. The standard InChI is InChI=1S/C16H21N3OS2/c1-2-4-13-12(3-1)14-15(17-11-18-16(14)22-13)21-10-7-19-5-8-20-9-6-19/h11H,1-10H2. The molecule has 1 aliphatic heterocycles. The van der Waals surface area contributed by atoms with E-state index in [0.717, 1.165) is 38.6 Å². The fraction of sp³-hybridized carbons (Fsp3) is 0.625. The highest BCUT2D eigenvalue weighted by Gasteiger charge is 2.20. The third kappa shape index (κ3) is 3.02. The zero-order valence-electron chi connectivity index (χ0n) is 12.7. The first kappa shape index (κ1) is 14.9. The molecule has 0 N–H and O–H groups in total. The summed E-state index contributed by atoms with van der Waals surface area (Å²) >= 11 is 3.78. The lowest BCUT2D eigenvalue weighted by Crippen LogP contribution is -2.37. The molecule has 22 heavy (non-hydrogen) atoms. The average molecular weight is 335 g/mol. The number of morpholine rings is 1. The maximum absolute atomic E-state index is 5.41. The second-order valence-electron chi connectivity index (χ2n) is 5.87. The lowest BCUT2D eigenvalue weighted by Gasteiger charge is -2.26. The molecule has 0 radical (unpaired) electrons. The number of ether oxygens (including phenoxy) is 1. The highest BCUT2D eigenvalue weighted by Crippen LogP contribution is 2.39. The highest BCUT2D eigenvalue weighted by atomic mass is 32.2. The van der Waals surface area contributed by atoms with Crippen LogP contribution in [0.5, 0.6) is 0 Å². The second kappa shape index (κ2) is 6.83. The molecule has 6 heteroatoms. The van der Waals surface area contributed by atoms with Gasteiger partial charge in [0.2, 0.25) is 0 Å². The van der Waals surface area contributed by atoms with E-state index < -0.39 is 0 Å². The van der Waals surface area contributed by atoms with E-state index in [0.29, 0.717) is 0 Å². The van der Waals surface area contributed by atoms with Crippen LogP contribution in [-0.2, 0) is 17.6 Å². The van der Waals surface area contributed by atoms with Crippen LogP contribution in [0.4, 0.5) is 0 Å². The molecule has 2 aliphatic rings.